The molecule has 0 aliphatic carbocycles. The van der Waals surface area contributed by atoms with Gasteiger partial charge in [0.15, 0.2) is 0 Å². The van der Waals surface area contributed by atoms with Gasteiger partial charge in [0.25, 0.3) is 6.43 Å². The number of ether oxygens (including phenoxy) is 1. The van der Waals surface area contributed by atoms with Crippen molar-refractivity contribution in [3.63, 3.8) is 0 Å². The van der Waals surface area contributed by atoms with Crippen molar-refractivity contribution in [2.24, 2.45) is 5.73 Å². The molecule has 1 aromatic rings. The zero-order chi connectivity index (χ0) is 10.6. The van der Waals surface area contributed by atoms with Crippen LogP contribution in [0.4, 0.5) is 8.78 Å². The summed E-state index contributed by atoms with van der Waals surface area (Å²) in [6, 6.07) is 5.31. The van der Waals surface area contributed by atoms with Gasteiger partial charge in [0, 0.05) is 5.56 Å². The highest BCUT2D eigenvalue weighted by Gasteiger charge is 2.20. The van der Waals surface area contributed by atoms with E-state index in [4.69, 9.17) is 10.5 Å². The third-order valence-corrected chi connectivity index (χ3v) is 1.85. The van der Waals surface area contributed by atoms with E-state index < -0.39 is 12.5 Å². The van der Waals surface area contributed by atoms with Gasteiger partial charge in [0.05, 0.1) is 12.6 Å². The fourth-order valence-corrected chi connectivity index (χ4v) is 1.18. The summed E-state index contributed by atoms with van der Waals surface area (Å²) >= 11 is 0. The second-order valence-electron chi connectivity index (χ2n) is 2.83. The molecular formula is C10H13F2NO. The maximum atomic E-state index is 12.4. The molecule has 1 atom stereocenters. The molecule has 0 spiro atoms. The van der Waals surface area contributed by atoms with Crippen LogP contribution in [0.2, 0.25) is 0 Å². The lowest BCUT2D eigenvalue weighted by Gasteiger charge is -2.15. The van der Waals surface area contributed by atoms with Crippen LogP contribution in [-0.2, 0) is 0 Å². The fraction of sp³-hybridized carbons (Fsp3) is 0.400. The van der Waals surface area contributed by atoms with Crippen LogP contribution in [-0.4, -0.2) is 13.0 Å². The smallest absolute Gasteiger partial charge is 0.257 e. The van der Waals surface area contributed by atoms with Gasteiger partial charge in [-0.2, -0.15) is 0 Å². The van der Waals surface area contributed by atoms with E-state index in [1.807, 2.05) is 0 Å². The van der Waals surface area contributed by atoms with Crippen molar-refractivity contribution in [3.05, 3.63) is 29.8 Å². The van der Waals surface area contributed by atoms with Crippen LogP contribution in [0.25, 0.3) is 0 Å². The summed E-state index contributed by atoms with van der Waals surface area (Å²) in [7, 11) is 0. The Kier molecular flexibility index (Phi) is 3.83. The van der Waals surface area contributed by atoms with E-state index in [2.05, 4.69) is 0 Å². The van der Waals surface area contributed by atoms with E-state index in [0.29, 0.717) is 17.9 Å². The summed E-state index contributed by atoms with van der Waals surface area (Å²) in [5, 5.41) is 0. The number of alkyl halides is 2. The Balaban J connectivity index is 2.94. The number of hydrogen-bond acceptors (Lipinski definition) is 2. The van der Waals surface area contributed by atoms with Gasteiger partial charge in [0.1, 0.15) is 5.75 Å². The predicted molar refractivity (Wildman–Crippen MR) is 50.5 cm³/mol. The van der Waals surface area contributed by atoms with E-state index in [-0.39, 0.29) is 0 Å². The van der Waals surface area contributed by atoms with Crippen molar-refractivity contribution in [2.45, 2.75) is 19.4 Å². The molecule has 14 heavy (non-hydrogen) atoms. The number of para-hydroxylation sites is 1. The van der Waals surface area contributed by atoms with E-state index in [0.717, 1.165) is 0 Å². The first kappa shape index (κ1) is 10.9. The largest absolute Gasteiger partial charge is 0.494 e. The summed E-state index contributed by atoms with van der Waals surface area (Å²) < 4.78 is 29.9. The molecule has 1 rings (SSSR count). The molecule has 0 aliphatic heterocycles. The lowest BCUT2D eigenvalue weighted by atomic mass is 10.1. The second-order valence-corrected chi connectivity index (χ2v) is 2.83. The van der Waals surface area contributed by atoms with Crippen molar-refractivity contribution >= 4 is 0 Å². The van der Waals surface area contributed by atoms with Crippen LogP contribution in [0.15, 0.2) is 24.3 Å². The summed E-state index contributed by atoms with van der Waals surface area (Å²) in [5.41, 5.74) is 5.69. The molecule has 0 aromatic heterocycles. The zero-order valence-corrected chi connectivity index (χ0v) is 7.91. The molecule has 0 aliphatic rings. The van der Waals surface area contributed by atoms with E-state index in [1.54, 1.807) is 31.2 Å². The maximum absolute atomic E-state index is 12.4. The molecule has 0 saturated heterocycles. The molecule has 0 unspecified atom stereocenters. The monoisotopic (exact) mass is 201 g/mol. The molecule has 0 amide bonds. The first-order chi connectivity index (χ1) is 6.66. The van der Waals surface area contributed by atoms with Crippen molar-refractivity contribution in [3.8, 4) is 5.75 Å². The third kappa shape index (κ3) is 2.42. The van der Waals surface area contributed by atoms with Crippen LogP contribution in [0.1, 0.15) is 18.5 Å². The minimum absolute atomic E-state index is 0.351. The first-order valence-electron chi connectivity index (χ1n) is 4.42. The SMILES string of the molecule is CCOc1ccccc1[C@@H](N)C(F)F. The van der Waals surface area contributed by atoms with Crippen molar-refractivity contribution in [1.82, 2.24) is 0 Å². The highest BCUT2D eigenvalue weighted by atomic mass is 19.3. The van der Waals surface area contributed by atoms with Gasteiger partial charge in [-0.15, -0.1) is 0 Å². The molecular weight excluding hydrogens is 188 g/mol. The number of benzene rings is 1. The number of hydrogen-bond donors (Lipinski definition) is 1. The Morgan fingerprint density at radius 1 is 1.36 bits per heavy atom. The molecule has 1 aromatic carbocycles. The third-order valence-electron chi connectivity index (χ3n) is 1.85. The summed E-state index contributed by atoms with van der Waals surface area (Å²) in [6.45, 7) is 2.23. The van der Waals surface area contributed by atoms with Gasteiger partial charge in [0.2, 0.25) is 0 Å². The molecule has 0 saturated carbocycles. The molecule has 2 N–H and O–H groups in total. The van der Waals surface area contributed by atoms with Gasteiger partial charge < -0.3 is 10.5 Å². The van der Waals surface area contributed by atoms with Crippen molar-refractivity contribution < 1.29 is 13.5 Å². The summed E-state index contributed by atoms with van der Waals surface area (Å²) in [5.74, 6) is 0.433. The van der Waals surface area contributed by atoms with Crippen LogP contribution in [0.5, 0.6) is 5.75 Å². The number of rotatable bonds is 4. The van der Waals surface area contributed by atoms with Gasteiger partial charge >= 0.3 is 0 Å². The van der Waals surface area contributed by atoms with Crippen molar-refractivity contribution in [1.29, 1.82) is 0 Å². The minimum Gasteiger partial charge on any atom is -0.494 e. The molecule has 0 radical (unpaired) electrons. The molecule has 0 heterocycles. The highest BCUT2D eigenvalue weighted by Crippen LogP contribution is 2.27. The molecule has 2 nitrogen and oxygen atoms in total. The van der Waals surface area contributed by atoms with Crippen LogP contribution in [0, 0.1) is 0 Å². The first-order valence-corrected chi connectivity index (χ1v) is 4.42. The van der Waals surface area contributed by atoms with Crippen LogP contribution >= 0.6 is 0 Å². The Bertz CT molecular complexity index is 291. The Morgan fingerprint density at radius 2 is 2.00 bits per heavy atom. The van der Waals surface area contributed by atoms with E-state index >= 15 is 0 Å². The zero-order valence-electron chi connectivity index (χ0n) is 7.91. The highest BCUT2D eigenvalue weighted by molar-refractivity contribution is 5.36. The molecule has 4 heteroatoms. The van der Waals surface area contributed by atoms with Crippen molar-refractivity contribution in [2.75, 3.05) is 6.61 Å². The summed E-state index contributed by atoms with van der Waals surface area (Å²) in [6.07, 6.45) is -2.57. The lowest BCUT2D eigenvalue weighted by molar-refractivity contribution is 0.114. The Labute approximate surface area is 81.7 Å². The Hall–Kier alpha value is -1.16. The van der Waals surface area contributed by atoms with E-state index in [9.17, 15) is 8.78 Å². The normalized spacial score (nSPS) is 12.9. The van der Waals surface area contributed by atoms with E-state index in [1.165, 1.54) is 0 Å². The topological polar surface area (TPSA) is 35.2 Å². The average Bonchev–Trinajstić information content (AvgIpc) is 2.18. The predicted octanol–water partition coefficient (Wildman–Crippen LogP) is 2.35. The minimum atomic E-state index is -2.57. The summed E-state index contributed by atoms with van der Waals surface area (Å²) in [4.78, 5) is 0. The van der Waals surface area contributed by atoms with Gasteiger partial charge in [-0.25, -0.2) is 8.78 Å². The number of nitrogens with two attached hydrogens (primary N) is 1. The number of halogens is 2. The molecule has 78 valence electrons. The van der Waals surface area contributed by atoms with Crippen LogP contribution in [0.3, 0.4) is 0 Å². The van der Waals surface area contributed by atoms with Gasteiger partial charge in [-0.3, -0.25) is 0 Å². The van der Waals surface area contributed by atoms with Crippen LogP contribution < -0.4 is 10.5 Å². The fourth-order valence-electron chi connectivity index (χ4n) is 1.18. The Morgan fingerprint density at radius 3 is 2.57 bits per heavy atom. The molecule has 0 bridgehead atoms. The maximum Gasteiger partial charge on any atom is 0.257 e. The lowest BCUT2D eigenvalue weighted by Crippen LogP contribution is -2.19. The standard InChI is InChI=1S/C10H13F2NO/c1-2-14-8-6-4-3-5-7(8)9(13)10(11)12/h3-6,9-10H,2,13H2,1H3/t9-/m1/s1. The van der Waals surface area contributed by atoms with Gasteiger partial charge in [-0.1, -0.05) is 18.2 Å². The second kappa shape index (κ2) is 4.91. The molecule has 0 fully saturated rings. The average molecular weight is 201 g/mol. The van der Waals surface area contributed by atoms with Gasteiger partial charge in [-0.05, 0) is 13.0 Å². The quantitative estimate of drug-likeness (QED) is 0.811.